The lowest BCUT2D eigenvalue weighted by atomic mass is 10.1. The van der Waals surface area contributed by atoms with Gasteiger partial charge in [-0.25, -0.2) is 0 Å². The molecule has 20 heavy (non-hydrogen) atoms. The lowest BCUT2D eigenvalue weighted by Gasteiger charge is -2.14. The fourth-order valence-corrected chi connectivity index (χ4v) is 2.18. The lowest BCUT2D eigenvalue weighted by Crippen LogP contribution is -2.20. The molecule has 0 N–H and O–H groups in total. The van der Waals surface area contributed by atoms with Gasteiger partial charge in [-0.15, -0.1) is 0 Å². The van der Waals surface area contributed by atoms with Crippen molar-refractivity contribution in [3.8, 4) is 0 Å². The molecule has 0 aromatic heterocycles. The van der Waals surface area contributed by atoms with E-state index < -0.39 is 0 Å². The molecule has 1 unspecified atom stereocenters. The van der Waals surface area contributed by atoms with E-state index in [1.807, 2.05) is 31.2 Å². The molecule has 1 heterocycles. The standard InChI is InChI=1S/C16H20O4/c1-12-6-8-13(9-7-12)11-19-16(18)10-14-4-2-3-5-15(17)20-14/h6-9,14H,2-5,10-11H2,1H3. The molecule has 1 aromatic rings. The number of aryl methyl sites for hydroxylation is 1. The molecular formula is C16H20O4. The van der Waals surface area contributed by atoms with Crippen LogP contribution in [0, 0.1) is 6.92 Å². The Hall–Kier alpha value is -1.84. The summed E-state index contributed by atoms with van der Waals surface area (Å²) >= 11 is 0. The van der Waals surface area contributed by atoms with E-state index in [0.29, 0.717) is 6.42 Å². The molecule has 0 saturated carbocycles. The van der Waals surface area contributed by atoms with E-state index in [1.165, 1.54) is 5.56 Å². The Kier molecular flexibility index (Phi) is 5.16. The van der Waals surface area contributed by atoms with Crippen molar-refractivity contribution in [2.24, 2.45) is 0 Å². The van der Waals surface area contributed by atoms with Crippen LogP contribution in [0.1, 0.15) is 43.2 Å². The number of carbonyl (C=O) groups excluding carboxylic acids is 2. The first-order chi connectivity index (χ1) is 9.63. The maximum absolute atomic E-state index is 11.8. The second-order valence-electron chi connectivity index (χ2n) is 5.21. The summed E-state index contributed by atoms with van der Waals surface area (Å²) in [6.07, 6.45) is 2.78. The summed E-state index contributed by atoms with van der Waals surface area (Å²) in [6, 6.07) is 7.84. The summed E-state index contributed by atoms with van der Waals surface area (Å²) in [4.78, 5) is 23.1. The number of ether oxygens (including phenoxy) is 2. The molecule has 1 atom stereocenters. The van der Waals surface area contributed by atoms with Crippen molar-refractivity contribution in [2.75, 3.05) is 0 Å². The first-order valence-electron chi connectivity index (χ1n) is 7.04. The van der Waals surface area contributed by atoms with Gasteiger partial charge in [0, 0.05) is 6.42 Å². The van der Waals surface area contributed by atoms with Gasteiger partial charge in [-0.05, 0) is 31.7 Å². The smallest absolute Gasteiger partial charge is 0.309 e. The van der Waals surface area contributed by atoms with Gasteiger partial charge in [0.1, 0.15) is 12.7 Å². The van der Waals surface area contributed by atoms with Crippen LogP contribution in [0.15, 0.2) is 24.3 Å². The molecule has 1 fully saturated rings. The predicted molar refractivity (Wildman–Crippen MR) is 73.9 cm³/mol. The largest absolute Gasteiger partial charge is 0.462 e. The second kappa shape index (κ2) is 7.08. The van der Waals surface area contributed by atoms with Crippen molar-refractivity contribution >= 4 is 11.9 Å². The number of esters is 2. The van der Waals surface area contributed by atoms with Gasteiger partial charge in [-0.3, -0.25) is 9.59 Å². The van der Waals surface area contributed by atoms with Crippen LogP contribution in [0.2, 0.25) is 0 Å². The summed E-state index contributed by atoms with van der Waals surface area (Å²) in [5.41, 5.74) is 2.13. The van der Waals surface area contributed by atoms with Crippen molar-refractivity contribution in [3.05, 3.63) is 35.4 Å². The van der Waals surface area contributed by atoms with E-state index in [4.69, 9.17) is 9.47 Å². The third-order valence-corrected chi connectivity index (χ3v) is 3.37. The maximum atomic E-state index is 11.8. The highest BCUT2D eigenvalue weighted by Gasteiger charge is 2.21. The molecule has 2 rings (SSSR count). The summed E-state index contributed by atoms with van der Waals surface area (Å²) in [5, 5.41) is 0. The van der Waals surface area contributed by atoms with E-state index >= 15 is 0 Å². The van der Waals surface area contributed by atoms with Crippen molar-refractivity contribution < 1.29 is 19.1 Å². The van der Waals surface area contributed by atoms with Crippen molar-refractivity contribution in [1.29, 1.82) is 0 Å². The zero-order valence-corrected chi connectivity index (χ0v) is 11.8. The van der Waals surface area contributed by atoms with Gasteiger partial charge >= 0.3 is 11.9 Å². The predicted octanol–water partition coefficient (Wildman–Crippen LogP) is 2.91. The third kappa shape index (κ3) is 4.68. The van der Waals surface area contributed by atoms with E-state index in [-0.39, 0.29) is 31.1 Å². The van der Waals surface area contributed by atoms with Crippen molar-refractivity contribution in [3.63, 3.8) is 0 Å². The second-order valence-corrected chi connectivity index (χ2v) is 5.21. The zero-order chi connectivity index (χ0) is 14.4. The molecule has 4 heteroatoms. The Balaban J connectivity index is 1.77. The molecule has 1 aromatic carbocycles. The lowest BCUT2D eigenvalue weighted by molar-refractivity contribution is -0.154. The third-order valence-electron chi connectivity index (χ3n) is 3.37. The monoisotopic (exact) mass is 276 g/mol. The number of cyclic esters (lactones) is 1. The first-order valence-corrected chi connectivity index (χ1v) is 7.04. The Morgan fingerprint density at radius 2 is 2.05 bits per heavy atom. The van der Waals surface area contributed by atoms with Gasteiger partial charge in [0.25, 0.3) is 0 Å². The van der Waals surface area contributed by atoms with Crippen LogP contribution in [0.5, 0.6) is 0 Å². The number of rotatable bonds is 4. The van der Waals surface area contributed by atoms with E-state index in [2.05, 4.69) is 0 Å². The van der Waals surface area contributed by atoms with Gasteiger partial charge in [0.2, 0.25) is 0 Å². The molecule has 0 amide bonds. The average molecular weight is 276 g/mol. The zero-order valence-electron chi connectivity index (χ0n) is 11.8. The molecule has 108 valence electrons. The Morgan fingerprint density at radius 3 is 2.80 bits per heavy atom. The number of benzene rings is 1. The van der Waals surface area contributed by atoms with Gasteiger partial charge in [-0.2, -0.15) is 0 Å². The molecule has 0 bridgehead atoms. The minimum absolute atomic E-state index is 0.150. The maximum Gasteiger partial charge on any atom is 0.309 e. The molecule has 1 aliphatic heterocycles. The topological polar surface area (TPSA) is 52.6 Å². The van der Waals surface area contributed by atoms with Crippen LogP contribution >= 0.6 is 0 Å². The van der Waals surface area contributed by atoms with Crippen LogP contribution in [0.4, 0.5) is 0 Å². The minimum Gasteiger partial charge on any atom is -0.462 e. The van der Waals surface area contributed by atoms with Crippen LogP contribution < -0.4 is 0 Å². The van der Waals surface area contributed by atoms with E-state index in [0.717, 1.165) is 24.8 Å². The van der Waals surface area contributed by atoms with Crippen LogP contribution in [-0.2, 0) is 25.7 Å². The Labute approximate surface area is 119 Å². The molecule has 4 nitrogen and oxygen atoms in total. The molecule has 0 spiro atoms. The summed E-state index contributed by atoms with van der Waals surface area (Å²) in [5.74, 6) is -0.524. The Morgan fingerprint density at radius 1 is 1.30 bits per heavy atom. The molecular weight excluding hydrogens is 256 g/mol. The fraction of sp³-hybridized carbons (Fsp3) is 0.500. The Bertz CT molecular complexity index is 464. The van der Waals surface area contributed by atoms with Crippen LogP contribution in [0.3, 0.4) is 0 Å². The summed E-state index contributed by atoms with van der Waals surface area (Å²) < 4.78 is 10.4. The van der Waals surface area contributed by atoms with E-state index in [1.54, 1.807) is 0 Å². The van der Waals surface area contributed by atoms with Crippen molar-refractivity contribution in [1.82, 2.24) is 0 Å². The normalized spacial score (nSPS) is 19.1. The highest BCUT2D eigenvalue weighted by atomic mass is 16.6. The molecule has 0 aliphatic carbocycles. The quantitative estimate of drug-likeness (QED) is 0.793. The van der Waals surface area contributed by atoms with Crippen molar-refractivity contribution in [2.45, 2.75) is 51.7 Å². The molecule has 0 radical (unpaired) electrons. The fourth-order valence-electron chi connectivity index (χ4n) is 2.18. The highest BCUT2D eigenvalue weighted by Crippen LogP contribution is 2.17. The number of carbonyl (C=O) groups is 2. The van der Waals surface area contributed by atoms with Crippen LogP contribution in [0.25, 0.3) is 0 Å². The SMILES string of the molecule is Cc1ccc(COC(=O)CC2CCCCC(=O)O2)cc1. The highest BCUT2D eigenvalue weighted by molar-refractivity contribution is 5.72. The first kappa shape index (κ1) is 14.6. The molecule has 1 saturated heterocycles. The number of hydrogen-bond acceptors (Lipinski definition) is 4. The van der Waals surface area contributed by atoms with Gasteiger partial charge in [-0.1, -0.05) is 29.8 Å². The van der Waals surface area contributed by atoms with Gasteiger partial charge in [0.05, 0.1) is 6.42 Å². The summed E-state index contributed by atoms with van der Waals surface area (Å²) in [7, 11) is 0. The van der Waals surface area contributed by atoms with E-state index in [9.17, 15) is 9.59 Å². The average Bonchev–Trinajstić information content (AvgIpc) is 2.62. The van der Waals surface area contributed by atoms with Crippen LogP contribution in [-0.4, -0.2) is 18.0 Å². The van der Waals surface area contributed by atoms with Gasteiger partial charge in [0.15, 0.2) is 0 Å². The summed E-state index contributed by atoms with van der Waals surface area (Å²) in [6.45, 7) is 2.27. The van der Waals surface area contributed by atoms with Gasteiger partial charge < -0.3 is 9.47 Å². The number of hydrogen-bond donors (Lipinski definition) is 0. The minimum atomic E-state index is -0.324. The molecule has 1 aliphatic rings.